The molecule has 0 saturated heterocycles. The number of hydrogen-bond donors (Lipinski definition) is 0. The molecule has 29 heavy (non-hydrogen) atoms. The molecule has 0 aliphatic carbocycles. The Labute approximate surface area is 174 Å². The average molecular weight is 413 g/mol. The van der Waals surface area contributed by atoms with E-state index >= 15 is 0 Å². The number of hydrogen-bond acceptors (Lipinski definition) is 6. The van der Waals surface area contributed by atoms with Gasteiger partial charge in [-0.1, -0.05) is 23.5 Å². The monoisotopic (exact) mass is 412 g/mol. The van der Waals surface area contributed by atoms with Crippen molar-refractivity contribution < 1.29 is 19.0 Å². The second kappa shape index (κ2) is 9.43. The van der Waals surface area contributed by atoms with Crippen LogP contribution in [0, 0.1) is 0 Å². The zero-order valence-electron chi connectivity index (χ0n) is 16.9. The summed E-state index contributed by atoms with van der Waals surface area (Å²) in [6.45, 7) is 6.44. The fourth-order valence-electron chi connectivity index (χ4n) is 2.42. The normalized spacial score (nSPS) is 10.7. The van der Waals surface area contributed by atoms with Crippen LogP contribution < -0.4 is 14.2 Å². The highest BCUT2D eigenvalue weighted by atomic mass is 32.1. The van der Waals surface area contributed by atoms with Gasteiger partial charge in [-0.25, -0.2) is 9.78 Å². The first kappa shape index (κ1) is 20.7. The van der Waals surface area contributed by atoms with Crippen molar-refractivity contribution >= 4 is 17.4 Å². The fourth-order valence-corrected chi connectivity index (χ4v) is 3.20. The predicted octanol–water partition coefficient (Wildman–Crippen LogP) is 5.84. The van der Waals surface area contributed by atoms with E-state index in [0.717, 1.165) is 16.2 Å². The molecule has 3 aromatic rings. The lowest BCUT2D eigenvalue weighted by Gasteiger charge is -2.14. The van der Waals surface area contributed by atoms with Crippen molar-refractivity contribution in [3.8, 4) is 32.9 Å². The van der Waals surface area contributed by atoms with Gasteiger partial charge in [-0.2, -0.15) is 0 Å². The van der Waals surface area contributed by atoms with Gasteiger partial charge in [-0.15, -0.1) is 0 Å². The lowest BCUT2D eigenvalue weighted by atomic mass is 10.2. The maximum absolute atomic E-state index is 11.9. The standard InChI is InChI=1S/C22H24N2O4S/c1-5-24(4)22(25)28-19-8-6-7-16(13-19)20-14-23-21(29-20)27-18-11-9-17(10-12-18)26-15(2)3/h6-15H,5H2,1-4H3. The first-order valence-electron chi connectivity index (χ1n) is 9.38. The Morgan fingerprint density at radius 1 is 1.10 bits per heavy atom. The quantitative estimate of drug-likeness (QED) is 0.488. The van der Waals surface area contributed by atoms with Crippen LogP contribution >= 0.6 is 11.3 Å². The summed E-state index contributed by atoms with van der Waals surface area (Å²) in [7, 11) is 1.69. The molecule has 1 amide bonds. The van der Waals surface area contributed by atoms with Crippen molar-refractivity contribution in [1.82, 2.24) is 9.88 Å². The molecule has 0 atom stereocenters. The minimum absolute atomic E-state index is 0.126. The van der Waals surface area contributed by atoms with E-state index < -0.39 is 0 Å². The van der Waals surface area contributed by atoms with Crippen LogP contribution in [0.2, 0.25) is 0 Å². The van der Waals surface area contributed by atoms with Crippen molar-refractivity contribution in [2.75, 3.05) is 13.6 Å². The molecule has 0 radical (unpaired) electrons. The number of nitrogens with zero attached hydrogens (tertiary/aromatic N) is 2. The van der Waals surface area contributed by atoms with E-state index in [4.69, 9.17) is 14.2 Å². The highest BCUT2D eigenvalue weighted by molar-refractivity contribution is 7.16. The molecular formula is C22H24N2O4S. The van der Waals surface area contributed by atoms with Gasteiger partial charge in [0.15, 0.2) is 0 Å². The number of carbonyl (C=O) groups is 1. The molecule has 1 heterocycles. The fraction of sp³-hybridized carbons (Fsp3) is 0.273. The SMILES string of the molecule is CCN(C)C(=O)Oc1cccc(-c2cnc(Oc3ccc(OC(C)C)cc3)s2)c1. The van der Waals surface area contributed by atoms with Crippen molar-refractivity contribution in [3.63, 3.8) is 0 Å². The van der Waals surface area contributed by atoms with Crippen LogP contribution in [-0.2, 0) is 0 Å². The molecule has 0 spiro atoms. The van der Waals surface area contributed by atoms with Gasteiger partial charge in [0.05, 0.1) is 11.0 Å². The van der Waals surface area contributed by atoms with Gasteiger partial charge in [0.2, 0.25) is 0 Å². The summed E-state index contributed by atoms with van der Waals surface area (Å²) < 4.78 is 16.9. The van der Waals surface area contributed by atoms with Crippen molar-refractivity contribution in [2.24, 2.45) is 0 Å². The second-order valence-corrected chi connectivity index (χ2v) is 7.63. The molecule has 0 fully saturated rings. The van der Waals surface area contributed by atoms with E-state index in [0.29, 0.717) is 23.2 Å². The molecule has 0 unspecified atom stereocenters. The molecule has 0 aliphatic rings. The Morgan fingerprint density at radius 3 is 2.52 bits per heavy atom. The van der Waals surface area contributed by atoms with Crippen LogP contribution in [-0.4, -0.2) is 35.7 Å². The maximum atomic E-state index is 11.9. The second-order valence-electron chi connectivity index (χ2n) is 6.64. The number of ether oxygens (including phenoxy) is 3. The Balaban J connectivity index is 1.68. The van der Waals surface area contributed by atoms with Gasteiger partial charge in [-0.05, 0) is 62.7 Å². The zero-order chi connectivity index (χ0) is 20.8. The summed E-state index contributed by atoms with van der Waals surface area (Å²) in [5.41, 5.74) is 0.905. The number of carbonyl (C=O) groups excluding carboxylic acids is 1. The van der Waals surface area contributed by atoms with Gasteiger partial charge in [0.25, 0.3) is 5.19 Å². The Kier molecular flexibility index (Phi) is 6.72. The summed E-state index contributed by atoms with van der Waals surface area (Å²) in [6, 6.07) is 14.8. The van der Waals surface area contributed by atoms with E-state index in [1.54, 1.807) is 19.3 Å². The van der Waals surface area contributed by atoms with E-state index in [1.165, 1.54) is 16.2 Å². The third kappa shape index (κ3) is 5.71. The van der Waals surface area contributed by atoms with Crippen LogP contribution in [0.5, 0.6) is 22.4 Å². The third-order valence-corrected chi connectivity index (χ3v) is 4.92. The molecular weight excluding hydrogens is 388 g/mol. The molecule has 0 aliphatic heterocycles. The summed E-state index contributed by atoms with van der Waals surface area (Å²) in [6.07, 6.45) is 1.48. The molecule has 7 heteroatoms. The molecule has 3 rings (SSSR count). The van der Waals surface area contributed by atoms with Crippen molar-refractivity contribution in [1.29, 1.82) is 0 Å². The molecule has 2 aromatic carbocycles. The summed E-state index contributed by atoms with van der Waals surface area (Å²) in [5.74, 6) is 1.98. The van der Waals surface area contributed by atoms with Gasteiger partial charge in [0, 0.05) is 19.8 Å². The lowest BCUT2D eigenvalue weighted by molar-refractivity contribution is 0.165. The summed E-state index contributed by atoms with van der Waals surface area (Å²) in [4.78, 5) is 18.7. The lowest BCUT2D eigenvalue weighted by Crippen LogP contribution is -2.29. The van der Waals surface area contributed by atoms with E-state index in [2.05, 4.69) is 4.98 Å². The number of thiazole rings is 1. The number of amides is 1. The molecule has 152 valence electrons. The van der Waals surface area contributed by atoms with E-state index in [-0.39, 0.29) is 12.2 Å². The first-order valence-corrected chi connectivity index (χ1v) is 10.2. The van der Waals surface area contributed by atoms with Gasteiger partial charge >= 0.3 is 6.09 Å². The number of rotatable bonds is 7. The number of benzene rings is 2. The van der Waals surface area contributed by atoms with Crippen LogP contribution in [0.15, 0.2) is 54.7 Å². The molecule has 1 aromatic heterocycles. The Hall–Kier alpha value is -3.06. The molecule has 0 N–H and O–H groups in total. The highest BCUT2D eigenvalue weighted by Gasteiger charge is 2.12. The molecule has 6 nitrogen and oxygen atoms in total. The zero-order valence-corrected chi connectivity index (χ0v) is 17.7. The van der Waals surface area contributed by atoms with E-state index in [1.807, 2.05) is 63.2 Å². The van der Waals surface area contributed by atoms with Crippen molar-refractivity contribution in [2.45, 2.75) is 26.9 Å². The minimum Gasteiger partial charge on any atom is -0.491 e. The smallest absolute Gasteiger partial charge is 0.414 e. The first-order chi connectivity index (χ1) is 13.9. The summed E-state index contributed by atoms with van der Waals surface area (Å²) in [5, 5.41) is 0.533. The number of aromatic nitrogens is 1. The van der Waals surface area contributed by atoms with Gasteiger partial charge in [0.1, 0.15) is 17.2 Å². The van der Waals surface area contributed by atoms with Gasteiger partial charge in [-0.3, -0.25) is 0 Å². The van der Waals surface area contributed by atoms with Crippen LogP contribution in [0.25, 0.3) is 10.4 Å². The molecule has 0 saturated carbocycles. The minimum atomic E-state index is -0.386. The Morgan fingerprint density at radius 2 is 1.83 bits per heavy atom. The largest absolute Gasteiger partial charge is 0.491 e. The van der Waals surface area contributed by atoms with Crippen LogP contribution in [0.4, 0.5) is 4.79 Å². The third-order valence-electron chi connectivity index (χ3n) is 3.99. The van der Waals surface area contributed by atoms with Crippen LogP contribution in [0.3, 0.4) is 0 Å². The summed E-state index contributed by atoms with van der Waals surface area (Å²) >= 11 is 1.42. The predicted molar refractivity (Wildman–Crippen MR) is 114 cm³/mol. The van der Waals surface area contributed by atoms with Crippen LogP contribution in [0.1, 0.15) is 20.8 Å². The van der Waals surface area contributed by atoms with Crippen molar-refractivity contribution in [3.05, 3.63) is 54.7 Å². The average Bonchev–Trinajstić information content (AvgIpc) is 3.17. The molecule has 0 bridgehead atoms. The maximum Gasteiger partial charge on any atom is 0.414 e. The van der Waals surface area contributed by atoms with Gasteiger partial charge < -0.3 is 19.1 Å². The topological polar surface area (TPSA) is 60.9 Å². The Bertz CT molecular complexity index is 953. The highest BCUT2D eigenvalue weighted by Crippen LogP contribution is 2.34. The van der Waals surface area contributed by atoms with E-state index in [9.17, 15) is 4.79 Å².